The predicted molar refractivity (Wildman–Crippen MR) is 224 cm³/mol. The van der Waals surface area contributed by atoms with Crippen molar-refractivity contribution in [1.82, 2.24) is 20.0 Å². The number of anilines is 2. The second-order valence-electron chi connectivity index (χ2n) is 16.7. The molecule has 15 nitrogen and oxygen atoms in total. The van der Waals surface area contributed by atoms with Crippen molar-refractivity contribution in [2.75, 3.05) is 23.7 Å². The van der Waals surface area contributed by atoms with E-state index in [1.54, 1.807) is 36.4 Å². The molecule has 3 heterocycles. The Kier molecular flexibility index (Phi) is 13.7. The number of alkyl halides is 3. The third kappa shape index (κ3) is 10.0. The lowest BCUT2D eigenvalue weighted by Gasteiger charge is -2.31. The smallest absolute Gasteiger partial charge is 0.418 e. The second kappa shape index (κ2) is 19.2. The van der Waals surface area contributed by atoms with Gasteiger partial charge in [0.2, 0.25) is 29.2 Å². The monoisotopic (exact) mass is 904 g/mol. The number of carbonyl (C=O) groups is 8. The molecule has 1 spiro atoms. The Balaban J connectivity index is 0.806. The zero-order chi connectivity index (χ0) is 46.6. The fourth-order valence-corrected chi connectivity index (χ4v) is 8.69. The first-order chi connectivity index (χ1) is 31.0. The number of unbranched alkanes of at least 4 members (excludes halogenated alkanes) is 6. The molecule has 0 saturated carbocycles. The van der Waals surface area contributed by atoms with Crippen LogP contribution in [0.25, 0.3) is 0 Å². The van der Waals surface area contributed by atoms with Gasteiger partial charge in [-0.05, 0) is 86.2 Å². The molecule has 19 heteroatoms. The van der Waals surface area contributed by atoms with Crippen LogP contribution >= 0.6 is 0 Å². The van der Waals surface area contributed by atoms with Gasteiger partial charge in [0.05, 0.1) is 11.1 Å². The highest BCUT2D eigenvalue weighted by molar-refractivity contribution is 6.23. The maximum atomic E-state index is 13.8. The van der Waals surface area contributed by atoms with Crippen LogP contribution in [0.4, 0.5) is 33.7 Å². The van der Waals surface area contributed by atoms with Gasteiger partial charge in [-0.2, -0.15) is 13.2 Å². The fraction of sp³-hybridized carbons (Fsp3) is 0.435. The summed E-state index contributed by atoms with van der Waals surface area (Å²) in [5.41, 5.74) is 1.05. The summed E-state index contributed by atoms with van der Waals surface area (Å²) in [6.07, 6.45) is 1.02. The number of hydrogen-bond donors (Lipinski definition) is 3. The van der Waals surface area contributed by atoms with Crippen molar-refractivity contribution in [3.05, 3.63) is 94.3 Å². The molecule has 3 aromatic rings. The Labute approximate surface area is 371 Å². The summed E-state index contributed by atoms with van der Waals surface area (Å²) in [5, 5.41) is 8.33. The Morgan fingerprint density at radius 2 is 1.54 bits per heavy atom. The van der Waals surface area contributed by atoms with Crippen molar-refractivity contribution in [2.45, 2.75) is 114 Å². The third-order valence-electron chi connectivity index (χ3n) is 12.3. The predicted octanol–water partition coefficient (Wildman–Crippen LogP) is 6.50. The number of piperidine rings is 1. The van der Waals surface area contributed by atoms with Crippen molar-refractivity contribution in [3.8, 4) is 0 Å². The maximum Gasteiger partial charge on any atom is 0.418 e. The third-order valence-corrected chi connectivity index (χ3v) is 12.3. The standard InChI is InChI=1S/C46H48F4N6O9/c1-27(46(48,49)50)54(25-28-10-12-30(47)13-11-28)39(59)26-55-43(63)45(65-44(55)64)21-20-29-23-32(15-17-35(29)45)52-37(57)9-7-5-3-2-4-6-8-22-51-31-14-16-33-34(24-31)42(62)56(41(33)61)36-18-19-38(58)53-40(36)60/h10-17,23-24,27,36,51H,2-9,18-22,25-26H2,1H3,(H,52,57)(H,53,58,60)/t27-,36?,45+/m0/s1. The van der Waals surface area contributed by atoms with Gasteiger partial charge in [-0.15, -0.1) is 0 Å². The van der Waals surface area contributed by atoms with Crippen molar-refractivity contribution in [2.24, 2.45) is 0 Å². The summed E-state index contributed by atoms with van der Waals surface area (Å²) in [6, 6.07) is 11.0. The van der Waals surface area contributed by atoms with Gasteiger partial charge in [-0.25, -0.2) is 14.1 Å². The summed E-state index contributed by atoms with van der Waals surface area (Å²) in [5.74, 6) is -5.03. The molecule has 4 aliphatic rings. The molecule has 3 N–H and O–H groups in total. The average Bonchev–Trinajstić information content (AvgIpc) is 3.83. The number of halogens is 4. The molecular weight excluding hydrogens is 857 g/mol. The lowest BCUT2D eigenvalue weighted by molar-refractivity contribution is -0.187. The SMILES string of the molecule is C[C@H](N(Cc1ccc(F)cc1)C(=O)CN1C(=O)O[C@@]2(CCc3cc(NC(=O)CCCCCCCCCNc4ccc5c(c4)C(=O)N(C4CCC(=O)NC4=O)C5=O)ccc32)C1=O)C(F)(F)F. The van der Waals surface area contributed by atoms with Gasteiger partial charge in [0.15, 0.2) is 0 Å². The first-order valence-corrected chi connectivity index (χ1v) is 21.6. The van der Waals surface area contributed by atoms with Crippen LogP contribution in [0.2, 0.25) is 0 Å². The highest BCUT2D eigenvalue weighted by Gasteiger charge is 2.59. The van der Waals surface area contributed by atoms with E-state index in [-0.39, 0.29) is 48.3 Å². The quantitative estimate of drug-likeness (QED) is 0.0722. The van der Waals surface area contributed by atoms with Crippen molar-refractivity contribution in [3.63, 3.8) is 0 Å². The molecule has 0 bridgehead atoms. The van der Waals surface area contributed by atoms with Crippen LogP contribution in [0.3, 0.4) is 0 Å². The number of amides is 8. The number of nitrogens with one attached hydrogen (secondary N) is 3. The van der Waals surface area contributed by atoms with Crippen LogP contribution in [-0.4, -0.2) is 93.5 Å². The Morgan fingerprint density at radius 1 is 0.862 bits per heavy atom. The molecule has 3 atom stereocenters. The number of hydrogen-bond acceptors (Lipinski definition) is 10. The minimum absolute atomic E-state index is 0.0400. The van der Waals surface area contributed by atoms with E-state index < -0.39 is 84.3 Å². The molecule has 2 saturated heterocycles. The number of aryl methyl sites for hydroxylation is 1. The van der Waals surface area contributed by atoms with Crippen molar-refractivity contribution >= 4 is 58.8 Å². The fourth-order valence-electron chi connectivity index (χ4n) is 8.69. The molecule has 3 aromatic carbocycles. The molecule has 7 rings (SSSR count). The van der Waals surface area contributed by atoms with Gasteiger partial charge < -0.3 is 20.3 Å². The van der Waals surface area contributed by atoms with E-state index in [4.69, 9.17) is 4.74 Å². The van der Waals surface area contributed by atoms with E-state index in [9.17, 15) is 55.9 Å². The Bertz CT molecular complexity index is 2410. The molecule has 344 valence electrons. The van der Waals surface area contributed by atoms with Gasteiger partial charge in [0, 0.05) is 49.3 Å². The molecule has 0 aromatic heterocycles. The normalized spacial score (nSPS) is 19.6. The van der Waals surface area contributed by atoms with E-state index in [1.807, 2.05) is 0 Å². The van der Waals surface area contributed by atoms with Gasteiger partial charge in [-0.1, -0.05) is 50.3 Å². The number of imide groups is 3. The zero-order valence-electron chi connectivity index (χ0n) is 35.6. The highest BCUT2D eigenvalue weighted by Crippen LogP contribution is 2.46. The van der Waals surface area contributed by atoms with Crippen LogP contribution in [0, 0.1) is 5.82 Å². The molecule has 3 aliphatic heterocycles. The second-order valence-corrected chi connectivity index (χ2v) is 16.7. The topological polar surface area (TPSA) is 192 Å². The van der Waals surface area contributed by atoms with Gasteiger partial charge in [-0.3, -0.25) is 43.8 Å². The Hall–Kier alpha value is -6.66. The van der Waals surface area contributed by atoms with E-state index in [1.165, 1.54) is 12.1 Å². The van der Waals surface area contributed by atoms with Gasteiger partial charge >= 0.3 is 12.3 Å². The lowest BCUT2D eigenvalue weighted by atomic mass is 9.94. The summed E-state index contributed by atoms with van der Waals surface area (Å²) in [6.45, 7) is -0.110. The number of fused-ring (bicyclic) bond motifs is 3. The molecule has 0 radical (unpaired) electrons. The molecule has 8 amide bonds. The van der Waals surface area contributed by atoms with Crippen LogP contribution in [0.15, 0.2) is 60.7 Å². The molecule has 1 unspecified atom stereocenters. The van der Waals surface area contributed by atoms with E-state index in [2.05, 4.69) is 16.0 Å². The zero-order valence-corrected chi connectivity index (χ0v) is 35.6. The summed E-state index contributed by atoms with van der Waals surface area (Å²) in [7, 11) is 0. The number of benzene rings is 3. The van der Waals surface area contributed by atoms with E-state index >= 15 is 0 Å². The summed E-state index contributed by atoms with van der Waals surface area (Å²) in [4.78, 5) is 105. The van der Waals surface area contributed by atoms with Crippen LogP contribution in [0.1, 0.15) is 115 Å². The molecule has 65 heavy (non-hydrogen) atoms. The number of carbonyl (C=O) groups excluding carboxylic acids is 8. The maximum absolute atomic E-state index is 13.8. The summed E-state index contributed by atoms with van der Waals surface area (Å²) < 4.78 is 60.4. The van der Waals surface area contributed by atoms with Crippen molar-refractivity contribution in [1.29, 1.82) is 0 Å². The van der Waals surface area contributed by atoms with Gasteiger partial charge in [0.1, 0.15) is 24.4 Å². The van der Waals surface area contributed by atoms with Crippen LogP contribution in [0.5, 0.6) is 0 Å². The number of nitrogens with zero attached hydrogens (tertiary/aromatic N) is 3. The minimum atomic E-state index is -4.83. The summed E-state index contributed by atoms with van der Waals surface area (Å²) >= 11 is 0. The first-order valence-electron chi connectivity index (χ1n) is 21.6. The molecular formula is C46H48F4N6O9. The van der Waals surface area contributed by atoms with Crippen LogP contribution < -0.4 is 16.0 Å². The number of ether oxygens (including phenoxy) is 1. The first kappa shape index (κ1) is 46.3. The highest BCUT2D eigenvalue weighted by atomic mass is 19.4. The minimum Gasteiger partial charge on any atom is -0.427 e. The van der Waals surface area contributed by atoms with Gasteiger partial charge in [0.25, 0.3) is 17.7 Å². The van der Waals surface area contributed by atoms with Crippen molar-refractivity contribution < 1.29 is 60.7 Å². The van der Waals surface area contributed by atoms with E-state index in [0.717, 1.165) is 62.5 Å². The number of rotatable bonds is 18. The van der Waals surface area contributed by atoms with E-state index in [0.29, 0.717) is 51.7 Å². The Morgan fingerprint density at radius 3 is 2.25 bits per heavy atom. The molecule has 2 fully saturated rings. The molecule has 1 aliphatic carbocycles. The average molecular weight is 905 g/mol. The largest absolute Gasteiger partial charge is 0.427 e. The van der Waals surface area contributed by atoms with Crippen LogP contribution in [-0.2, 0) is 47.3 Å². The lowest BCUT2D eigenvalue weighted by Crippen LogP contribution is -2.54.